The monoisotopic (exact) mass is 295 g/mol. The molecule has 0 aliphatic carbocycles. The molecule has 0 spiro atoms. The molecule has 0 atom stereocenters. The van der Waals surface area contributed by atoms with Crippen LogP contribution in [0.3, 0.4) is 0 Å². The third kappa shape index (κ3) is 2.74. The molecule has 0 fully saturated rings. The molecule has 2 aromatic carbocycles. The Balaban J connectivity index is 2.48. The van der Waals surface area contributed by atoms with Crippen molar-refractivity contribution in [1.29, 1.82) is 0 Å². The van der Waals surface area contributed by atoms with E-state index in [1.807, 2.05) is 13.0 Å². The number of benzene rings is 2. The Labute approximate surface area is 118 Å². The van der Waals surface area contributed by atoms with Gasteiger partial charge in [0.05, 0.1) is 10.7 Å². The van der Waals surface area contributed by atoms with Crippen molar-refractivity contribution >= 4 is 27.3 Å². The minimum Gasteiger partial charge on any atom is -0.269 e. The van der Waals surface area contributed by atoms with Crippen LogP contribution >= 0.6 is 11.6 Å². The van der Waals surface area contributed by atoms with Crippen molar-refractivity contribution in [2.75, 3.05) is 11.4 Å². The summed E-state index contributed by atoms with van der Waals surface area (Å²) in [6.45, 7) is 1.86. The quantitative estimate of drug-likeness (QED) is 0.869. The maximum absolute atomic E-state index is 12.5. The van der Waals surface area contributed by atoms with Crippen LogP contribution in [0.25, 0.3) is 0 Å². The lowest BCUT2D eigenvalue weighted by atomic mass is 10.2. The van der Waals surface area contributed by atoms with Gasteiger partial charge in [0.15, 0.2) is 0 Å². The summed E-state index contributed by atoms with van der Waals surface area (Å²) in [6, 6.07) is 13.8. The van der Waals surface area contributed by atoms with Gasteiger partial charge < -0.3 is 0 Å². The van der Waals surface area contributed by atoms with Crippen molar-refractivity contribution in [2.24, 2.45) is 0 Å². The molecule has 0 aliphatic rings. The fourth-order valence-corrected chi connectivity index (χ4v) is 3.51. The first-order valence-corrected chi connectivity index (χ1v) is 7.55. The zero-order chi connectivity index (χ0) is 14.0. The summed E-state index contributed by atoms with van der Waals surface area (Å²) in [5.41, 5.74) is 1.52. The van der Waals surface area contributed by atoms with E-state index in [0.717, 1.165) is 5.56 Å². The van der Waals surface area contributed by atoms with Gasteiger partial charge >= 0.3 is 0 Å². The maximum atomic E-state index is 12.5. The molecule has 5 heteroatoms. The number of para-hydroxylation sites is 1. The third-order valence-electron chi connectivity index (χ3n) is 2.85. The van der Waals surface area contributed by atoms with Gasteiger partial charge in [-0.05, 0) is 36.8 Å². The fraction of sp³-hybridized carbons (Fsp3) is 0.143. The first-order valence-electron chi connectivity index (χ1n) is 5.73. The van der Waals surface area contributed by atoms with Gasteiger partial charge in [-0.1, -0.05) is 35.9 Å². The van der Waals surface area contributed by atoms with Crippen LogP contribution in [0.15, 0.2) is 53.4 Å². The average Bonchev–Trinajstić information content (AvgIpc) is 2.38. The van der Waals surface area contributed by atoms with Crippen LogP contribution in [-0.4, -0.2) is 15.5 Å². The standard InChI is InChI=1S/C14H14ClNO2S/c1-11-8-9-14(13(15)10-11)19(17,18)16(2)12-6-4-3-5-7-12/h3-10H,1-2H3. The van der Waals surface area contributed by atoms with Gasteiger partial charge in [0.1, 0.15) is 4.90 Å². The van der Waals surface area contributed by atoms with Gasteiger partial charge in [-0.2, -0.15) is 0 Å². The Bertz CT molecular complexity index is 684. The van der Waals surface area contributed by atoms with Crippen molar-refractivity contribution in [2.45, 2.75) is 11.8 Å². The van der Waals surface area contributed by atoms with Crippen molar-refractivity contribution in [1.82, 2.24) is 0 Å². The van der Waals surface area contributed by atoms with E-state index in [0.29, 0.717) is 5.69 Å². The molecule has 0 saturated heterocycles. The Morgan fingerprint density at radius 1 is 1.05 bits per heavy atom. The summed E-state index contributed by atoms with van der Waals surface area (Å²) in [7, 11) is -2.12. The lowest BCUT2D eigenvalue weighted by Crippen LogP contribution is -2.26. The SMILES string of the molecule is Cc1ccc(S(=O)(=O)N(C)c2ccccc2)c(Cl)c1. The van der Waals surface area contributed by atoms with E-state index in [2.05, 4.69) is 0 Å². The number of anilines is 1. The van der Waals surface area contributed by atoms with Gasteiger partial charge in [0.25, 0.3) is 10.0 Å². The number of hydrogen-bond donors (Lipinski definition) is 0. The first-order chi connectivity index (χ1) is 8.93. The van der Waals surface area contributed by atoms with Crippen LogP contribution < -0.4 is 4.31 Å². The summed E-state index contributed by atoms with van der Waals surface area (Å²) >= 11 is 6.04. The van der Waals surface area contributed by atoms with Crippen LogP contribution in [0.1, 0.15) is 5.56 Å². The van der Waals surface area contributed by atoms with E-state index in [1.165, 1.54) is 17.4 Å². The summed E-state index contributed by atoms with van der Waals surface area (Å²) in [5, 5.41) is 0.239. The number of nitrogens with zero attached hydrogens (tertiary/aromatic N) is 1. The third-order valence-corrected chi connectivity index (χ3v) is 5.11. The zero-order valence-corrected chi connectivity index (χ0v) is 12.2. The second kappa shape index (κ2) is 5.23. The summed E-state index contributed by atoms with van der Waals surface area (Å²) < 4.78 is 26.2. The molecule has 0 radical (unpaired) electrons. The molecule has 2 aromatic rings. The van der Waals surface area contributed by atoms with E-state index in [4.69, 9.17) is 11.6 Å². The highest BCUT2D eigenvalue weighted by molar-refractivity contribution is 7.93. The number of rotatable bonds is 3. The highest BCUT2D eigenvalue weighted by Gasteiger charge is 2.23. The van der Waals surface area contributed by atoms with Crippen molar-refractivity contribution < 1.29 is 8.42 Å². The Hall–Kier alpha value is -1.52. The predicted molar refractivity (Wildman–Crippen MR) is 78.2 cm³/mol. The van der Waals surface area contributed by atoms with Crippen LogP contribution in [0.4, 0.5) is 5.69 Å². The number of halogens is 1. The molecule has 3 nitrogen and oxygen atoms in total. The molecule has 0 saturated carbocycles. The molecular weight excluding hydrogens is 282 g/mol. The molecule has 0 aliphatic heterocycles. The predicted octanol–water partition coefficient (Wildman–Crippen LogP) is 3.47. The Morgan fingerprint density at radius 2 is 1.68 bits per heavy atom. The normalized spacial score (nSPS) is 11.3. The molecule has 0 unspecified atom stereocenters. The van der Waals surface area contributed by atoms with Crippen LogP contribution in [0, 0.1) is 6.92 Å². The van der Waals surface area contributed by atoms with E-state index >= 15 is 0 Å². The first kappa shape index (κ1) is 13.9. The van der Waals surface area contributed by atoms with Gasteiger partial charge in [0.2, 0.25) is 0 Å². The summed E-state index contributed by atoms with van der Waals surface area (Å²) in [5.74, 6) is 0. The zero-order valence-electron chi connectivity index (χ0n) is 10.7. The fourth-order valence-electron chi connectivity index (χ4n) is 1.74. The Morgan fingerprint density at radius 3 is 2.26 bits per heavy atom. The smallest absolute Gasteiger partial charge is 0.265 e. The molecule has 2 rings (SSSR count). The number of hydrogen-bond acceptors (Lipinski definition) is 2. The van der Waals surface area contributed by atoms with E-state index < -0.39 is 10.0 Å². The second-order valence-corrected chi connectivity index (χ2v) is 6.59. The maximum Gasteiger partial charge on any atom is 0.265 e. The molecule has 0 bridgehead atoms. The number of sulfonamides is 1. The van der Waals surface area contributed by atoms with E-state index in [9.17, 15) is 8.42 Å². The Kier molecular flexibility index (Phi) is 3.83. The minimum absolute atomic E-state index is 0.117. The molecule has 100 valence electrons. The van der Waals surface area contributed by atoms with Gasteiger partial charge in [-0.25, -0.2) is 8.42 Å². The molecule has 0 heterocycles. The number of aryl methyl sites for hydroxylation is 1. The average molecular weight is 296 g/mol. The van der Waals surface area contributed by atoms with Crippen LogP contribution in [0.2, 0.25) is 5.02 Å². The lowest BCUT2D eigenvalue weighted by Gasteiger charge is -2.20. The largest absolute Gasteiger partial charge is 0.269 e. The highest BCUT2D eigenvalue weighted by Crippen LogP contribution is 2.27. The molecule has 0 amide bonds. The summed E-state index contributed by atoms with van der Waals surface area (Å²) in [6.07, 6.45) is 0. The van der Waals surface area contributed by atoms with E-state index in [-0.39, 0.29) is 9.92 Å². The topological polar surface area (TPSA) is 37.4 Å². The van der Waals surface area contributed by atoms with Crippen LogP contribution in [0.5, 0.6) is 0 Å². The summed E-state index contributed by atoms with van der Waals surface area (Å²) in [4.78, 5) is 0.117. The second-order valence-electron chi connectivity index (χ2n) is 4.24. The van der Waals surface area contributed by atoms with Crippen molar-refractivity contribution in [3.05, 3.63) is 59.1 Å². The van der Waals surface area contributed by atoms with Crippen molar-refractivity contribution in [3.63, 3.8) is 0 Å². The lowest BCUT2D eigenvalue weighted by molar-refractivity contribution is 0.594. The molecule has 19 heavy (non-hydrogen) atoms. The molecule has 0 N–H and O–H groups in total. The minimum atomic E-state index is -3.64. The van der Waals surface area contributed by atoms with Gasteiger partial charge in [0, 0.05) is 7.05 Å². The molecule has 0 aromatic heterocycles. The van der Waals surface area contributed by atoms with Crippen LogP contribution in [-0.2, 0) is 10.0 Å². The highest BCUT2D eigenvalue weighted by atomic mass is 35.5. The van der Waals surface area contributed by atoms with Gasteiger partial charge in [-0.15, -0.1) is 0 Å². The van der Waals surface area contributed by atoms with Crippen molar-refractivity contribution in [3.8, 4) is 0 Å². The van der Waals surface area contributed by atoms with E-state index in [1.54, 1.807) is 36.4 Å². The van der Waals surface area contributed by atoms with Gasteiger partial charge in [-0.3, -0.25) is 4.31 Å². The molecular formula is C14H14ClNO2S.